The van der Waals surface area contributed by atoms with E-state index >= 15 is 0 Å². The first-order chi connectivity index (χ1) is 16.0. The Kier molecular flexibility index (Phi) is 7.19. The van der Waals surface area contributed by atoms with Crippen LogP contribution in [0, 0.1) is 0 Å². The summed E-state index contributed by atoms with van der Waals surface area (Å²) in [6, 6.07) is 9.55. The van der Waals surface area contributed by atoms with E-state index in [1.807, 2.05) is 12.1 Å². The molecule has 3 rings (SSSR count). The molecule has 1 aliphatic heterocycles. The molecule has 35 heavy (non-hydrogen) atoms. The highest BCUT2D eigenvalue weighted by Crippen LogP contribution is 2.40. The molecule has 0 bridgehead atoms. The SMILES string of the molecule is CN(C(=O)C(C)(C)c1cc(C(F)(F)F)cc(C(F)(F)F)c1)[C@H]1CN(C(=O)Cl)C[C@H]1c1ccccc1. The first kappa shape index (κ1) is 26.8. The molecular weight excluding hydrogens is 498 g/mol. The highest BCUT2D eigenvalue weighted by molar-refractivity contribution is 6.62. The molecule has 4 nitrogen and oxygen atoms in total. The third-order valence-corrected chi connectivity index (χ3v) is 6.67. The minimum absolute atomic E-state index is 0.0279. The second-order valence-corrected chi connectivity index (χ2v) is 9.40. The van der Waals surface area contributed by atoms with Crippen LogP contribution in [0.15, 0.2) is 48.5 Å². The van der Waals surface area contributed by atoms with Crippen LogP contribution in [0.25, 0.3) is 0 Å². The van der Waals surface area contributed by atoms with Gasteiger partial charge in [-0.1, -0.05) is 30.3 Å². The fourth-order valence-corrected chi connectivity index (χ4v) is 4.52. The number of hydrogen-bond donors (Lipinski definition) is 0. The maximum Gasteiger partial charge on any atom is 0.416 e. The molecule has 0 aliphatic carbocycles. The number of likely N-dealkylation sites (N-methyl/N-ethyl adjacent to an activating group) is 1. The lowest BCUT2D eigenvalue weighted by atomic mass is 9.80. The van der Waals surface area contributed by atoms with E-state index in [1.54, 1.807) is 18.2 Å². The van der Waals surface area contributed by atoms with Crippen LogP contribution in [0.5, 0.6) is 0 Å². The average molecular weight is 521 g/mol. The van der Waals surface area contributed by atoms with Gasteiger partial charge in [0.25, 0.3) is 0 Å². The van der Waals surface area contributed by atoms with E-state index in [2.05, 4.69) is 0 Å². The zero-order chi connectivity index (χ0) is 26.3. The Morgan fingerprint density at radius 3 is 1.83 bits per heavy atom. The molecule has 1 aliphatic rings. The monoisotopic (exact) mass is 520 g/mol. The Bertz CT molecular complexity index is 1070. The molecule has 0 radical (unpaired) electrons. The lowest BCUT2D eigenvalue weighted by Gasteiger charge is -2.36. The number of nitrogens with zero attached hydrogens (tertiary/aromatic N) is 2. The van der Waals surface area contributed by atoms with Gasteiger partial charge in [-0.3, -0.25) is 9.59 Å². The number of benzene rings is 2. The van der Waals surface area contributed by atoms with Gasteiger partial charge in [0.05, 0.1) is 22.6 Å². The largest absolute Gasteiger partial charge is 0.416 e. The Morgan fingerprint density at radius 1 is 0.886 bits per heavy atom. The summed E-state index contributed by atoms with van der Waals surface area (Å²) in [4.78, 5) is 28.0. The number of hydrogen-bond acceptors (Lipinski definition) is 2. The summed E-state index contributed by atoms with van der Waals surface area (Å²) >= 11 is 5.66. The number of likely N-dealkylation sites (tertiary alicyclic amines) is 1. The Hall–Kier alpha value is -2.75. The fraction of sp³-hybridized carbons (Fsp3) is 0.417. The zero-order valence-corrected chi connectivity index (χ0v) is 19.8. The molecule has 2 atom stereocenters. The minimum atomic E-state index is -5.04. The molecule has 1 heterocycles. The predicted octanol–water partition coefficient (Wildman–Crippen LogP) is 6.29. The first-order valence-corrected chi connectivity index (χ1v) is 11.0. The highest BCUT2D eigenvalue weighted by Gasteiger charge is 2.45. The van der Waals surface area contributed by atoms with Crippen LogP contribution < -0.4 is 0 Å². The first-order valence-electron chi connectivity index (χ1n) is 10.6. The molecule has 190 valence electrons. The van der Waals surface area contributed by atoms with Gasteiger partial charge >= 0.3 is 17.7 Å². The van der Waals surface area contributed by atoms with E-state index in [0.29, 0.717) is 12.1 Å². The molecule has 0 N–H and O–H groups in total. The maximum absolute atomic E-state index is 13.6. The number of rotatable bonds is 4. The highest BCUT2D eigenvalue weighted by atomic mass is 35.5. The molecular formula is C24H23ClF6N2O2. The van der Waals surface area contributed by atoms with Crippen molar-refractivity contribution in [3.8, 4) is 0 Å². The van der Waals surface area contributed by atoms with Gasteiger partial charge in [-0.05, 0) is 54.8 Å². The van der Waals surface area contributed by atoms with Gasteiger partial charge in [-0.2, -0.15) is 26.3 Å². The average Bonchev–Trinajstić information content (AvgIpc) is 3.23. The van der Waals surface area contributed by atoms with Crippen molar-refractivity contribution in [1.82, 2.24) is 9.80 Å². The Morgan fingerprint density at radius 2 is 1.37 bits per heavy atom. The van der Waals surface area contributed by atoms with Crippen molar-refractivity contribution >= 4 is 22.9 Å². The van der Waals surface area contributed by atoms with E-state index in [9.17, 15) is 35.9 Å². The summed E-state index contributed by atoms with van der Waals surface area (Å²) in [6.07, 6.45) is -10.1. The normalized spacial score (nSPS) is 19.1. The standard InChI is InChI=1S/C24H23ClF6N2O2/c1-22(2,15-9-16(23(26,27)28)11-17(10-15)24(29,30)31)20(34)32(3)19-13-33(21(25)35)12-18(19)14-7-5-4-6-8-14/h4-11,18-19H,12-13H2,1-3H3/t18-,19-/m0/s1. The van der Waals surface area contributed by atoms with Crippen LogP contribution in [0.4, 0.5) is 31.1 Å². The maximum atomic E-state index is 13.6. The van der Waals surface area contributed by atoms with Gasteiger partial charge in [-0.25, -0.2) is 0 Å². The summed E-state index contributed by atoms with van der Waals surface area (Å²) in [5.74, 6) is -1.05. The molecule has 0 saturated carbocycles. The van der Waals surface area contributed by atoms with Crippen molar-refractivity contribution in [2.45, 2.75) is 43.6 Å². The van der Waals surface area contributed by atoms with E-state index in [1.165, 1.54) is 30.7 Å². The summed E-state index contributed by atoms with van der Waals surface area (Å²) in [5, 5.41) is -0.721. The summed E-state index contributed by atoms with van der Waals surface area (Å²) < 4.78 is 80.2. The van der Waals surface area contributed by atoms with Gasteiger partial charge in [0, 0.05) is 26.1 Å². The predicted molar refractivity (Wildman–Crippen MR) is 118 cm³/mol. The molecule has 2 aromatic rings. The second-order valence-electron chi connectivity index (χ2n) is 9.08. The van der Waals surface area contributed by atoms with Crippen LogP contribution >= 0.6 is 11.6 Å². The van der Waals surface area contributed by atoms with Crippen molar-refractivity contribution in [2.24, 2.45) is 0 Å². The number of carbonyl (C=O) groups excluding carboxylic acids is 2. The molecule has 2 aromatic carbocycles. The molecule has 1 fully saturated rings. The van der Waals surface area contributed by atoms with E-state index in [-0.39, 0.29) is 25.1 Å². The van der Waals surface area contributed by atoms with Crippen LogP contribution in [0.1, 0.15) is 42.0 Å². The van der Waals surface area contributed by atoms with Gasteiger partial charge in [0.1, 0.15) is 0 Å². The van der Waals surface area contributed by atoms with Gasteiger partial charge < -0.3 is 9.80 Å². The van der Waals surface area contributed by atoms with Crippen molar-refractivity contribution in [3.05, 3.63) is 70.8 Å². The zero-order valence-electron chi connectivity index (χ0n) is 19.0. The molecule has 0 aromatic heterocycles. The van der Waals surface area contributed by atoms with Gasteiger partial charge in [0.2, 0.25) is 5.91 Å². The van der Waals surface area contributed by atoms with Crippen LogP contribution in [-0.4, -0.2) is 47.3 Å². The molecule has 0 unspecified atom stereocenters. The smallest absolute Gasteiger partial charge is 0.340 e. The topological polar surface area (TPSA) is 40.6 Å². The van der Waals surface area contributed by atoms with Crippen LogP contribution in [0.2, 0.25) is 0 Å². The molecule has 2 amide bonds. The lowest BCUT2D eigenvalue weighted by molar-refractivity contribution is -0.144. The van der Waals surface area contributed by atoms with Crippen LogP contribution in [-0.2, 0) is 22.6 Å². The van der Waals surface area contributed by atoms with E-state index < -0.39 is 51.8 Å². The summed E-state index contributed by atoms with van der Waals surface area (Å²) in [5.41, 5.74) is -4.33. The van der Waals surface area contributed by atoms with Crippen LogP contribution in [0.3, 0.4) is 0 Å². The van der Waals surface area contributed by atoms with Crippen molar-refractivity contribution < 1.29 is 35.9 Å². The quantitative estimate of drug-likeness (QED) is 0.270. The Labute approximate surface area is 203 Å². The number of amides is 2. The van der Waals surface area contributed by atoms with Crippen molar-refractivity contribution in [3.63, 3.8) is 0 Å². The summed E-state index contributed by atoms with van der Waals surface area (Å²) in [6.45, 7) is 2.82. The van der Waals surface area contributed by atoms with Crippen molar-refractivity contribution in [1.29, 1.82) is 0 Å². The fourth-order valence-electron chi connectivity index (χ4n) is 4.38. The third-order valence-electron chi connectivity index (χ3n) is 6.43. The van der Waals surface area contributed by atoms with Gasteiger partial charge in [0.15, 0.2) is 0 Å². The minimum Gasteiger partial charge on any atom is -0.340 e. The number of halogens is 7. The molecule has 0 spiro atoms. The second kappa shape index (κ2) is 9.37. The third kappa shape index (κ3) is 5.58. The van der Waals surface area contributed by atoms with E-state index in [0.717, 1.165) is 5.56 Å². The number of carbonyl (C=O) groups is 2. The summed E-state index contributed by atoms with van der Waals surface area (Å²) in [7, 11) is 1.42. The van der Waals surface area contributed by atoms with Crippen molar-refractivity contribution in [2.75, 3.05) is 20.1 Å². The lowest BCUT2D eigenvalue weighted by Crippen LogP contribution is -2.49. The number of alkyl halides is 6. The molecule has 1 saturated heterocycles. The van der Waals surface area contributed by atoms with Gasteiger partial charge in [-0.15, -0.1) is 0 Å². The molecule has 11 heteroatoms. The Balaban J connectivity index is 2.01. The van der Waals surface area contributed by atoms with E-state index in [4.69, 9.17) is 11.6 Å².